The first-order valence-electron chi connectivity index (χ1n) is 7.82. The standard InChI is InChI=1S/C17H23NO2/c19-17(13-20-15-9-2-1-3-10-15)18-12-6-8-14-7-4-5-11-16(14)18/h1-3,9-10,14,16H,4-8,11-13H2/t14-,16+/m1/s1. The number of piperidine rings is 1. The van der Waals surface area contributed by atoms with E-state index in [1.54, 1.807) is 0 Å². The van der Waals surface area contributed by atoms with Gasteiger partial charge in [-0.2, -0.15) is 0 Å². The summed E-state index contributed by atoms with van der Waals surface area (Å²) in [5.74, 6) is 1.67. The molecule has 108 valence electrons. The molecule has 1 aromatic carbocycles. The van der Waals surface area contributed by atoms with E-state index in [2.05, 4.69) is 4.90 Å². The number of hydrogen-bond acceptors (Lipinski definition) is 2. The number of nitrogens with zero attached hydrogens (tertiary/aromatic N) is 1. The molecule has 1 aliphatic heterocycles. The summed E-state index contributed by atoms with van der Waals surface area (Å²) in [4.78, 5) is 14.5. The number of likely N-dealkylation sites (tertiary alicyclic amines) is 1. The summed E-state index contributed by atoms with van der Waals surface area (Å²) in [6.45, 7) is 1.09. The van der Waals surface area contributed by atoms with Crippen LogP contribution in [0.2, 0.25) is 0 Å². The Morgan fingerprint density at radius 1 is 1.10 bits per heavy atom. The normalized spacial score (nSPS) is 25.9. The lowest BCUT2D eigenvalue weighted by atomic mass is 9.78. The monoisotopic (exact) mass is 273 g/mol. The SMILES string of the molecule is O=C(COc1ccccc1)N1CCC[C@H]2CCCC[C@@H]21. The highest BCUT2D eigenvalue weighted by Crippen LogP contribution is 2.35. The topological polar surface area (TPSA) is 29.5 Å². The highest BCUT2D eigenvalue weighted by molar-refractivity contribution is 5.78. The number of fused-ring (bicyclic) bond motifs is 1. The van der Waals surface area contributed by atoms with E-state index in [9.17, 15) is 4.79 Å². The molecule has 0 spiro atoms. The lowest BCUT2D eigenvalue weighted by molar-refractivity contribution is -0.139. The molecule has 1 aromatic rings. The van der Waals surface area contributed by atoms with Crippen LogP contribution in [-0.4, -0.2) is 30.0 Å². The molecule has 3 nitrogen and oxygen atoms in total. The molecule has 1 heterocycles. The maximum absolute atomic E-state index is 12.4. The summed E-state index contributed by atoms with van der Waals surface area (Å²) in [5, 5.41) is 0. The van der Waals surface area contributed by atoms with Gasteiger partial charge in [-0.15, -0.1) is 0 Å². The maximum atomic E-state index is 12.4. The number of carbonyl (C=O) groups is 1. The van der Waals surface area contributed by atoms with E-state index in [1.165, 1.54) is 32.1 Å². The molecule has 3 rings (SSSR count). The minimum absolute atomic E-state index is 0.158. The van der Waals surface area contributed by atoms with E-state index < -0.39 is 0 Å². The van der Waals surface area contributed by atoms with E-state index in [1.807, 2.05) is 30.3 Å². The zero-order valence-electron chi connectivity index (χ0n) is 12.0. The van der Waals surface area contributed by atoms with Crippen LogP contribution in [0.15, 0.2) is 30.3 Å². The average molecular weight is 273 g/mol. The molecular formula is C17H23NO2. The second-order valence-electron chi connectivity index (χ2n) is 5.94. The number of amides is 1. The zero-order chi connectivity index (χ0) is 13.8. The van der Waals surface area contributed by atoms with Crippen molar-refractivity contribution in [2.24, 2.45) is 5.92 Å². The molecule has 2 atom stereocenters. The van der Waals surface area contributed by atoms with Crippen LogP contribution < -0.4 is 4.74 Å². The summed E-state index contributed by atoms with van der Waals surface area (Å²) < 4.78 is 5.61. The predicted molar refractivity (Wildman–Crippen MR) is 78.6 cm³/mol. The van der Waals surface area contributed by atoms with Gasteiger partial charge in [-0.05, 0) is 43.7 Å². The molecule has 0 unspecified atom stereocenters. The summed E-state index contributed by atoms with van der Waals surface area (Å²) in [7, 11) is 0. The second-order valence-corrected chi connectivity index (χ2v) is 5.94. The Kier molecular flexibility index (Phi) is 4.24. The summed E-state index contributed by atoms with van der Waals surface area (Å²) in [5.41, 5.74) is 0. The number of para-hydroxylation sites is 1. The molecule has 1 amide bonds. The van der Waals surface area contributed by atoms with Crippen molar-refractivity contribution in [2.75, 3.05) is 13.2 Å². The van der Waals surface area contributed by atoms with Gasteiger partial charge >= 0.3 is 0 Å². The van der Waals surface area contributed by atoms with Gasteiger partial charge in [0.15, 0.2) is 6.61 Å². The van der Waals surface area contributed by atoms with Crippen molar-refractivity contribution in [3.05, 3.63) is 30.3 Å². The van der Waals surface area contributed by atoms with E-state index in [0.29, 0.717) is 6.04 Å². The smallest absolute Gasteiger partial charge is 0.260 e. The quantitative estimate of drug-likeness (QED) is 0.846. The summed E-state index contributed by atoms with van der Waals surface area (Å²) in [6, 6.07) is 10.1. The van der Waals surface area contributed by atoms with Crippen LogP contribution in [0.25, 0.3) is 0 Å². The third-order valence-corrected chi connectivity index (χ3v) is 4.67. The Hall–Kier alpha value is -1.51. The van der Waals surface area contributed by atoms with Crippen LogP contribution in [0.1, 0.15) is 38.5 Å². The van der Waals surface area contributed by atoms with E-state index >= 15 is 0 Å². The molecule has 1 saturated carbocycles. The number of ether oxygens (including phenoxy) is 1. The van der Waals surface area contributed by atoms with Crippen molar-refractivity contribution >= 4 is 5.91 Å². The van der Waals surface area contributed by atoms with Crippen LogP contribution in [0, 0.1) is 5.92 Å². The number of benzene rings is 1. The zero-order valence-corrected chi connectivity index (χ0v) is 12.0. The van der Waals surface area contributed by atoms with Gasteiger partial charge in [-0.1, -0.05) is 31.0 Å². The molecule has 2 fully saturated rings. The molecule has 3 heteroatoms. The maximum Gasteiger partial charge on any atom is 0.260 e. The lowest BCUT2D eigenvalue weighted by Gasteiger charge is -2.44. The average Bonchev–Trinajstić information content (AvgIpc) is 2.53. The van der Waals surface area contributed by atoms with E-state index in [-0.39, 0.29) is 12.5 Å². The fraction of sp³-hybridized carbons (Fsp3) is 0.588. The van der Waals surface area contributed by atoms with E-state index in [4.69, 9.17) is 4.74 Å². The Balaban J connectivity index is 1.58. The molecule has 20 heavy (non-hydrogen) atoms. The molecule has 0 N–H and O–H groups in total. The Labute approximate surface area is 120 Å². The lowest BCUT2D eigenvalue weighted by Crippen LogP contribution is -2.51. The van der Waals surface area contributed by atoms with Gasteiger partial charge in [0, 0.05) is 12.6 Å². The molecule has 1 aliphatic carbocycles. The van der Waals surface area contributed by atoms with Gasteiger partial charge in [0.25, 0.3) is 5.91 Å². The highest BCUT2D eigenvalue weighted by atomic mass is 16.5. The minimum atomic E-state index is 0.158. The molecule has 1 saturated heterocycles. The molecule has 2 aliphatic rings. The molecule has 0 bridgehead atoms. The highest BCUT2D eigenvalue weighted by Gasteiger charge is 2.35. The first kappa shape index (κ1) is 13.5. The third-order valence-electron chi connectivity index (χ3n) is 4.67. The van der Waals surface area contributed by atoms with Crippen LogP contribution in [-0.2, 0) is 4.79 Å². The van der Waals surface area contributed by atoms with Gasteiger partial charge < -0.3 is 9.64 Å². The first-order chi connectivity index (χ1) is 9.84. The van der Waals surface area contributed by atoms with Gasteiger partial charge in [-0.25, -0.2) is 0 Å². The molecular weight excluding hydrogens is 250 g/mol. The van der Waals surface area contributed by atoms with Gasteiger partial charge in [-0.3, -0.25) is 4.79 Å². The number of hydrogen-bond donors (Lipinski definition) is 0. The van der Waals surface area contributed by atoms with Crippen molar-refractivity contribution in [3.63, 3.8) is 0 Å². The minimum Gasteiger partial charge on any atom is -0.484 e. The largest absolute Gasteiger partial charge is 0.484 e. The molecule has 0 aromatic heterocycles. The van der Waals surface area contributed by atoms with Crippen molar-refractivity contribution in [1.82, 2.24) is 4.90 Å². The predicted octanol–water partition coefficient (Wildman–Crippen LogP) is 3.25. The number of carbonyl (C=O) groups excluding carboxylic acids is 1. The van der Waals surface area contributed by atoms with Crippen LogP contribution in [0.3, 0.4) is 0 Å². The second kappa shape index (κ2) is 6.29. The van der Waals surface area contributed by atoms with Crippen LogP contribution in [0.5, 0.6) is 5.75 Å². The summed E-state index contributed by atoms with van der Waals surface area (Å²) in [6.07, 6.45) is 7.54. The summed E-state index contributed by atoms with van der Waals surface area (Å²) >= 11 is 0. The molecule has 0 radical (unpaired) electrons. The first-order valence-corrected chi connectivity index (χ1v) is 7.82. The van der Waals surface area contributed by atoms with Gasteiger partial charge in [0.2, 0.25) is 0 Å². The Bertz CT molecular complexity index is 444. The van der Waals surface area contributed by atoms with Crippen molar-refractivity contribution < 1.29 is 9.53 Å². The fourth-order valence-corrected chi connectivity index (χ4v) is 3.68. The fourth-order valence-electron chi connectivity index (χ4n) is 3.68. The third kappa shape index (κ3) is 2.97. The van der Waals surface area contributed by atoms with Crippen molar-refractivity contribution in [3.8, 4) is 5.75 Å². The van der Waals surface area contributed by atoms with Gasteiger partial charge in [0.1, 0.15) is 5.75 Å². The van der Waals surface area contributed by atoms with Crippen molar-refractivity contribution in [1.29, 1.82) is 0 Å². The van der Waals surface area contributed by atoms with Gasteiger partial charge in [0.05, 0.1) is 0 Å². The van der Waals surface area contributed by atoms with Crippen LogP contribution in [0.4, 0.5) is 0 Å². The van der Waals surface area contributed by atoms with Crippen LogP contribution >= 0.6 is 0 Å². The number of rotatable bonds is 3. The Morgan fingerprint density at radius 3 is 2.70 bits per heavy atom. The Morgan fingerprint density at radius 2 is 1.85 bits per heavy atom. The van der Waals surface area contributed by atoms with Crippen molar-refractivity contribution in [2.45, 2.75) is 44.6 Å². The van der Waals surface area contributed by atoms with E-state index in [0.717, 1.165) is 24.6 Å².